The summed E-state index contributed by atoms with van der Waals surface area (Å²) in [5.41, 5.74) is 1.99. The molecule has 0 atom stereocenters. The Morgan fingerprint density at radius 1 is 1.20 bits per heavy atom. The number of hydrogen-bond donors (Lipinski definition) is 1. The third kappa shape index (κ3) is 4.51. The molecule has 106 valence electrons. The van der Waals surface area contributed by atoms with E-state index in [1.54, 1.807) is 6.20 Å². The van der Waals surface area contributed by atoms with Crippen molar-refractivity contribution in [1.29, 1.82) is 0 Å². The molecule has 0 bridgehead atoms. The topological polar surface area (TPSA) is 34.1 Å². The SMILES string of the molecule is CCCNCc1ccc(OCc2ccccc2Cl)cn1. The molecule has 4 heteroatoms. The highest BCUT2D eigenvalue weighted by Crippen LogP contribution is 2.18. The van der Waals surface area contributed by atoms with Crippen LogP contribution >= 0.6 is 11.6 Å². The van der Waals surface area contributed by atoms with Gasteiger partial charge in [0.15, 0.2) is 0 Å². The van der Waals surface area contributed by atoms with Gasteiger partial charge >= 0.3 is 0 Å². The average molecular weight is 291 g/mol. The molecule has 1 heterocycles. The van der Waals surface area contributed by atoms with Gasteiger partial charge in [-0.3, -0.25) is 4.98 Å². The Labute approximate surface area is 124 Å². The van der Waals surface area contributed by atoms with E-state index in [-0.39, 0.29) is 0 Å². The van der Waals surface area contributed by atoms with Crippen molar-refractivity contribution >= 4 is 11.6 Å². The van der Waals surface area contributed by atoms with Gasteiger partial charge in [-0.05, 0) is 31.2 Å². The molecule has 0 saturated heterocycles. The number of nitrogens with one attached hydrogen (secondary N) is 1. The number of halogens is 1. The molecule has 0 unspecified atom stereocenters. The average Bonchev–Trinajstić information content (AvgIpc) is 2.48. The highest BCUT2D eigenvalue weighted by atomic mass is 35.5. The van der Waals surface area contributed by atoms with Crippen molar-refractivity contribution in [2.24, 2.45) is 0 Å². The summed E-state index contributed by atoms with van der Waals surface area (Å²) in [6.45, 7) is 4.39. The molecule has 1 aromatic heterocycles. The summed E-state index contributed by atoms with van der Waals surface area (Å²) in [5.74, 6) is 0.754. The van der Waals surface area contributed by atoms with Gasteiger partial charge in [0.2, 0.25) is 0 Å². The first-order valence-corrected chi connectivity index (χ1v) is 7.19. The first-order valence-electron chi connectivity index (χ1n) is 6.81. The summed E-state index contributed by atoms with van der Waals surface area (Å²) in [6.07, 6.45) is 2.87. The van der Waals surface area contributed by atoms with Crippen LogP contribution in [0.15, 0.2) is 42.6 Å². The predicted octanol–water partition coefficient (Wildman–Crippen LogP) is 3.81. The second kappa shape index (κ2) is 7.88. The van der Waals surface area contributed by atoms with Crippen LogP contribution in [-0.4, -0.2) is 11.5 Å². The number of hydrogen-bond acceptors (Lipinski definition) is 3. The van der Waals surface area contributed by atoms with Crippen LogP contribution < -0.4 is 10.1 Å². The lowest BCUT2D eigenvalue weighted by Gasteiger charge is -2.08. The Bertz CT molecular complexity index is 528. The fraction of sp³-hybridized carbons (Fsp3) is 0.312. The number of nitrogens with zero attached hydrogens (tertiary/aromatic N) is 1. The van der Waals surface area contributed by atoms with Crippen LogP contribution in [0.5, 0.6) is 5.75 Å². The molecule has 0 saturated carbocycles. The molecule has 3 nitrogen and oxygen atoms in total. The zero-order valence-electron chi connectivity index (χ0n) is 11.6. The molecular formula is C16H19ClN2O. The fourth-order valence-corrected chi connectivity index (χ4v) is 1.96. The molecule has 0 aliphatic heterocycles. The van der Waals surface area contributed by atoms with E-state index in [2.05, 4.69) is 17.2 Å². The molecule has 20 heavy (non-hydrogen) atoms. The Kier molecular flexibility index (Phi) is 5.84. The Morgan fingerprint density at radius 2 is 2.05 bits per heavy atom. The molecule has 1 N–H and O–H groups in total. The smallest absolute Gasteiger partial charge is 0.138 e. The molecule has 0 aliphatic carbocycles. The largest absolute Gasteiger partial charge is 0.487 e. The maximum Gasteiger partial charge on any atom is 0.138 e. The molecular weight excluding hydrogens is 272 g/mol. The van der Waals surface area contributed by atoms with E-state index >= 15 is 0 Å². The molecule has 0 fully saturated rings. The first kappa shape index (κ1) is 14.8. The van der Waals surface area contributed by atoms with Crippen molar-refractivity contribution in [1.82, 2.24) is 10.3 Å². The number of ether oxygens (including phenoxy) is 1. The molecule has 0 spiro atoms. The van der Waals surface area contributed by atoms with Crippen LogP contribution in [0, 0.1) is 0 Å². The Hall–Kier alpha value is -1.58. The maximum atomic E-state index is 6.08. The standard InChI is InChI=1S/C16H19ClN2O/c1-2-9-18-10-14-7-8-15(11-19-14)20-12-13-5-3-4-6-16(13)17/h3-8,11,18H,2,9-10,12H2,1H3. The van der Waals surface area contributed by atoms with Crippen molar-refractivity contribution < 1.29 is 4.74 Å². The number of rotatable bonds is 7. The third-order valence-corrected chi connectivity index (χ3v) is 3.25. The molecule has 2 rings (SSSR count). The molecule has 0 radical (unpaired) electrons. The Balaban J connectivity index is 1.86. The van der Waals surface area contributed by atoms with Gasteiger partial charge in [-0.1, -0.05) is 36.7 Å². The number of pyridine rings is 1. The molecule has 2 aromatic rings. The lowest BCUT2D eigenvalue weighted by Crippen LogP contribution is -2.14. The first-order chi connectivity index (χ1) is 9.79. The zero-order chi connectivity index (χ0) is 14.2. The van der Waals surface area contributed by atoms with E-state index in [0.29, 0.717) is 6.61 Å². The maximum absolute atomic E-state index is 6.08. The second-order valence-electron chi connectivity index (χ2n) is 4.54. The van der Waals surface area contributed by atoms with Gasteiger partial charge in [-0.25, -0.2) is 0 Å². The van der Waals surface area contributed by atoms with Gasteiger partial charge in [0.1, 0.15) is 12.4 Å². The summed E-state index contributed by atoms with van der Waals surface area (Å²) < 4.78 is 5.69. The monoisotopic (exact) mass is 290 g/mol. The Morgan fingerprint density at radius 3 is 2.75 bits per heavy atom. The lowest BCUT2D eigenvalue weighted by molar-refractivity contribution is 0.305. The zero-order valence-corrected chi connectivity index (χ0v) is 12.4. The highest BCUT2D eigenvalue weighted by Gasteiger charge is 2.01. The summed E-state index contributed by atoms with van der Waals surface area (Å²) in [7, 11) is 0. The summed E-state index contributed by atoms with van der Waals surface area (Å²) in [4.78, 5) is 4.36. The number of benzene rings is 1. The van der Waals surface area contributed by atoms with Crippen molar-refractivity contribution in [3.05, 3.63) is 58.9 Å². The van der Waals surface area contributed by atoms with Crippen LogP contribution in [-0.2, 0) is 13.2 Å². The van der Waals surface area contributed by atoms with Gasteiger partial charge in [0.25, 0.3) is 0 Å². The van der Waals surface area contributed by atoms with Gasteiger partial charge in [0.05, 0.1) is 11.9 Å². The van der Waals surface area contributed by atoms with Gasteiger partial charge in [-0.2, -0.15) is 0 Å². The summed E-state index contributed by atoms with van der Waals surface area (Å²) >= 11 is 6.08. The second-order valence-corrected chi connectivity index (χ2v) is 4.95. The fourth-order valence-electron chi connectivity index (χ4n) is 1.77. The van der Waals surface area contributed by atoms with Gasteiger partial charge in [-0.15, -0.1) is 0 Å². The normalized spacial score (nSPS) is 10.5. The van der Waals surface area contributed by atoms with Crippen molar-refractivity contribution in [3.8, 4) is 5.75 Å². The lowest BCUT2D eigenvalue weighted by atomic mass is 10.2. The van der Waals surface area contributed by atoms with Crippen LogP contribution in [0.1, 0.15) is 24.6 Å². The number of aromatic nitrogens is 1. The van der Waals surface area contributed by atoms with E-state index in [9.17, 15) is 0 Å². The van der Waals surface area contributed by atoms with E-state index < -0.39 is 0 Å². The van der Waals surface area contributed by atoms with Crippen LogP contribution in [0.4, 0.5) is 0 Å². The minimum absolute atomic E-state index is 0.453. The predicted molar refractivity (Wildman–Crippen MR) is 82.0 cm³/mol. The highest BCUT2D eigenvalue weighted by molar-refractivity contribution is 6.31. The van der Waals surface area contributed by atoms with E-state index in [0.717, 1.165) is 41.5 Å². The summed E-state index contributed by atoms with van der Waals surface area (Å²) in [6, 6.07) is 11.6. The molecule has 0 amide bonds. The van der Waals surface area contributed by atoms with E-state index in [4.69, 9.17) is 16.3 Å². The quantitative estimate of drug-likeness (QED) is 0.787. The van der Waals surface area contributed by atoms with Gasteiger partial charge < -0.3 is 10.1 Å². The molecule has 0 aliphatic rings. The third-order valence-electron chi connectivity index (χ3n) is 2.88. The minimum atomic E-state index is 0.453. The van der Waals surface area contributed by atoms with Crippen molar-refractivity contribution in [2.75, 3.05) is 6.54 Å². The van der Waals surface area contributed by atoms with Crippen molar-refractivity contribution in [3.63, 3.8) is 0 Å². The molecule has 1 aromatic carbocycles. The minimum Gasteiger partial charge on any atom is -0.487 e. The van der Waals surface area contributed by atoms with Crippen LogP contribution in [0.3, 0.4) is 0 Å². The van der Waals surface area contributed by atoms with Gasteiger partial charge in [0, 0.05) is 17.1 Å². The van der Waals surface area contributed by atoms with Crippen LogP contribution in [0.25, 0.3) is 0 Å². The van der Waals surface area contributed by atoms with Crippen molar-refractivity contribution in [2.45, 2.75) is 26.5 Å². The van der Waals surface area contributed by atoms with E-state index in [1.165, 1.54) is 0 Å². The summed E-state index contributed by atoms with van der Waals surface area (Å²) in [5, 5.41) is 4.04. The van der Waals surface area contributed by atoms with Crippen LogP contribution in [0.2, 0.25) is 5.02 Å². The van der Waals surface area contributed by atoms with E-state index in [1.807, 2.05) is 36.4 Å².